The number of nitrogens with one attached hydrogen (secondary N) is 4. The Kier molecular flexibility index (Phi) is 8.01. The van der Waals surface area contributed by atoms with Crippen molar-refractivity contribution in [2.45, 2.75) is 51.9 Å². The molecule has 0 bridgehead atoms. The molecule has 44 heavy (non-hydrogen) atoms. The highest BCUT2D eigenvalue weighted by Gasteiger charge is 2.32. The van der Waals surface area contributed by atoms with E-state index in [0.717, 1.165) is 54.0 Å². The van der Waals surface area contributed by atoms with Gasteiger partial charge in [0.2, 0.25) is 0 Å². The molecule has 1 aliphatic heterocycles. The highest BCUT2D eigenvalue weighted by Crippen LogP contribution is 2.35. The Morgan fingerprint density at radius 3 is 2.30 bits per heavy atom. The molecule has 1 unspecified atom stereocenters. The van der Waals surface area contributed by atoms with E-state index in [9.17, 15) is 9.59 Å². The zero-order valence-electron chi connectivity index (χ0n) is 25.5. The first kappa shape index (κ1) is 29.3. The van der Waals surface area contributed by atoms with E-state index in [1.54, 1.807) is 4.68 Å². The van der Waals surface area contributed by atoms with Crippen molar-refractivity contribution >= 4 is 34.4 Å². The van der Waals surface area contributed by atoms with Gasteiger partial charge < -0.3 is 10.6 Å². The van der Waals surface area contributed by atoms with Crippen molar-refractivity contribution in [2.24, 2.45) is 5.92 Å². The van der Waals surface area contributed by atoms with Gasteiger partial charge in [0.05, 0.1) is 17.3 Å². The maximum atomic E-state index is 13.9. The van der Waals surface area contributed by atoms with E-state index < -0.39 is 0 Å². The molecule has 3 aromatic carbocycles. The number of Topliss-reactive ketones (excluding diaryl/α,β-unsaturated/α-hetero) is 1. The molecule has 1 aliphatic rings. The van der Waals surface area contributed by atoms with Crippen LogP contribution in [-0.4, -0.2) is 50.1 Å². The minimum absolute atomic E-state index is 0.0688. The number of aromatic nitrogens is 5. The quantitative estimate of drug-likeness (QED) is 0.163. The lowest BCUT2D eigenvalue weighted by Gasteiger charge is -2.30. The van der Waals surface area contributed by atoms with E-state index in [0.29, 0.717) is 22.6 Å². The normalized spacial score (nSPS) is 14.8. The van der Waals surface area contributed by atoms with Crippen LogP contribution in [0.4, 0.5) is 16.3 Å². The molecule has 4 N–H and O–H groups in total. The molecule has 1 saturated heterocycles. The Labute approximate surface area is 256 Å². The summed E-state index contributed by atoms with van der Waals surface area (Å²) in [6, 6.07) is 22.6. The monoisotopic (exact) mass is 590 g/mol. The number of amides is 2. The number of H-pyrrole nitrogens is 1. The lowest BCUT2D eigenvalue weighted by atomic mass is 9.76. The highest BCUT2D eigenvalue weighted by atomic mass is 16.2. The molecule has 10 nitrogen and oxygen atoms in total. The number of benzene rings is 3. The van der Waals surface area contributed by atoms with Crippen LogP contribution in [-0.2, 0) is 5.41 Å². The van der Waals surface area contributed by atoms with Crippen LogP contribution in [0.15, 0.2) is 72.8 Å². The van der Waals surface area contributed by atoms with E-state index in [-0.39, 0.29) is 29.1 Å². The van der Waals surface area contributed by atoms with E-state index in [2.05, 4.69) is 52.1 Å². The molecule has 226 valence electrons. The standard InChI is InChI=1S/C34H38N8O2/c1-21-5-12-26(13-6-21)42-30(20-29(40-42)34(2,3)4)37-33(44)36-25-10-7-22(8-11-25)31(23-15-17-35-18-16-23)32(43)24-9-14-27-28(19-24)39-41-38-27/h5-14,19-20,23,31,35H,15-18H2,1-4H3,(H2,36,37,44)(H,38,39,41). The van der Waals surface area contributed by atoms with Gasteiger partial charge in [-0.1, -0.05) is 50.6 Å². The third-order valence-electron chi connectivity index (χ3n) is 8.26. The molecule has 0 saturated carbocycles. The number of aryl methyl sites for hydroxylation is 1. The van der Waals surface area contributed by atoms with E-state index in [4.69, 9.17) is 5.10 Å². The topological polar surface area (TPSA) is 130 Å². The van der Waals surface area contributed by atoms with Crippen LogP contribution in [0.1, 0.15) is 66.7 Å². The number of fused-ring (bicyclic) bond motifs is 1. The van der Waals surface area contributed by atoms with Gasteiger partial charge in [0, 0.05) is 22.7 Å². The molecule has 5 aromatic rings. The number of aromatic amines is 1. The van der Waals surface area contributed by atoms with Gasteiger partial charge in [0.25, 0.3) is 0 Å². The van der Waals surface area contributed by atoms with Crippen LogP contribution in [0.3, 0.4) is 0 Å². The van der Waals surface area contributed by atoms with Gasteiger partial charge >= 0.3 is 6.03 Å². The smallest absolute Gasteiger partial charge is 0.317 e. The maximum absolute atomic E-state index is 13.9. The number of hydrogen-bond acceptors (Lipinski definition) is 6. The summed E-state index contributed by atoms with van der Waals surface area (Å²) in [5.41, 5.74) is 6.26. The summed E-state index contributed by atoms with van der Waals surface area (Å²) in [5, 5.41) is 25.0. The summed E-state index contributed by atoms with van der Waals surface area (Å²) in [7, 11) is 0. The number of anilines is 2. The fraction of sp³-hybridized carbons (Fsp3) is 0.324. The van der Waals surface area contributed by atoms with E-state index >= 15 is 0 Å². The van der Waals surface area contributed by atoms with Gasteiger partial charge in [-0.25, -0.2) is 9.48 Å². The fourth-order valence-electron chi connectivity index (χ4n) is 5.76. The summed E-state index contributed by atoms with van der Waals surface area (Å²) in [5.74, 6) is 0.551. The van der Waals surface area contributed by atoms with Crippen LogP contribution >= 0.6 is 0 Å². The first-order valence-electron chi connectivity index (χ1n) is 15.1. The maximum Gasteiger partial charge on any atom is 0.324 e. The Hall–Kier alpha value is -4.83. The zero-order valence-corrected chi connectivity index (χ0v) is 25.5. The minimum Gasteiger partial charge on any atom is -0.317 e. The van der Waals surface area contributed by atoms with Crippen LogP contribution in [0.25, 0.3) is 16.7 Å². The largest absolute Gasteiger partial charge is 0.324 e. The second-order valence-electron chi connectivity index (χ2n) is 12.6. The lowest BCUT2D eigenvalue weighted by molar-refractivity contribution is 0.0916. The van der Waals surface area contributed by atoms with Crippen LogP contribution in [0.2, 0.25) is 0 Å². The summed E-state index contributed by atoms with van der Waals surface area (Å²) in [4.78, 5) is 27.1. The molecule has 0 aliphatic carbocycles. The highest BCUT2D eigenvalue weighted by molar-refractivity contribution is 6.03. The molecule has 0 radical (unpaired) electrons. The first-order chi connectivity index (χ1) is 21.2. The molecule has 3 heterocycles. The molecule has 1 fully saturated rings. The molecule has 0 spiro atoms. The third-order valence-corrected chi connectivity index (χ3v) is 8.26. The summed E-state index contributed by atoms with van der Waals surface area (Å²) < 4.78 is 1.76. The molecule has 1 atom stereocenters. The molecular weight excluding hydrogens is 552 g/mol. The van der Waals surface area contributed by atoms with Crippen LogP contribution in [0, 0.1) is 12.8 Å². The number of carbonyl (C=O) groups is 2. The van der Waals surface area contributed by atoms with E-state index in [1.165, 1.54) is 0 Å². The van der Waals surface area contributed by atoms with Crippen molar-refractivity contribution in [1.82, 2.24) is 30.5 Å². The number of carbonyl (C=O) groups excluding carboxylic acids is 2. The van der Waals surface area contributed by atoms with Crippen LogP contribution < -0.4 is 16.0 Å². The number of hydrogen-bond donors (Lipinski definition) is 4. The van der Waals surface area contributed by atoms with Crippen molar-refractivity contribution in [3.63, 3.8) is 0 Å². The summed E-state index contributed by atoms with van der Waals surface area (Å²) >= 11 is 0. The van der Waals surface area contributed by atoms with Crippen molar-refractivity contribution < 1.29 is 9.59 Å². The van der Waals surface area contributed by atoms with Gasteiger partial charge in [-0.05, 0) is 86.8 Å². The first-order valence-corrected chi connectivity index (χ1v) is 15.1. The number of urea groups is 1. The Morgan fingerprint density at radius 1 is 0.886 bits per heavy atom. The summed E-state index contributed by atoms with van der Waals surface area (Å²) in [6.07, 6.45) is 1.83. The van der Waals surface area contributed by atoms with Gasteiger partial charge in [-0.3, -0.25) is 10.1 Å². The lowest BCUT2D eigenvalue weighted by Crippen LogP contribution is -2.33. The average Bonchev–Trinajstić information content (AvgIpc) is 3.66. The summed E-state index contributed by atoms with van der Waals surface area (Å²) in [6.45, 7) is 10.1. The fourth-order valence-corrected chi connectivity index (χ4v) is 5.76. The van der Waals surface area contributed by atoms with E-state index in [1.807, 2.05) is 79.7 Å². The zero-order chi connectivity index (χ0) is 30.8. The molecule has 10 heteroatoms. The van der Waals surface area contributed by atoms with Gasteiger partial charge in [0.15, 0.2) is 5.78 Å². The van der Waals surface area contributed by atoms with Gasteiger partial charge in [0.1, 0.15) is 16.9 Å². The predicted molar refractivity (Wildman–Crippen MR) is 173 cm³/mol. The minimum atomic E-state index is -0.377. The van der Waals surface area contributed by atoms with Crippen molar-refractivity contribution in [2.75, 3.05) is 23.7 Å². The molecular formula is C34H38N8O2. The van der Waals surface area contributed by atoms with Crippen molar-refractivity contribution in [3.8, 4) is 5.69 Å². The molecule has 6 rings (SSSR count). The molecule has 2 amide bonds. The Balaban J connectivity index is 1.21. The molecule has 2 aromatic heterocycles. The second-order valence-corrected chi connectivity index (χ2v) is 12.6. The predicted octanol–water partition coefficient (Wildman–Crippen LogP) is 6.36. The van der Waals surface area contributed by atoms with Crippen molar-refractivity contribution in [1.29, 1.82) is 0 Å². The average molecular weight is 591 g/mol. The Bertz CT molecular complexity index is 1770. The third kappa shape index (κ3) is 6.26. The Morgan fingerprint density at radius 2 is 1.59 bits per heavy atom. The SMILES string of the molecule is Cc1ccc(-n2nc(C(C)(C)C)cc2NC(=O)Nc2ccc(C(C(=O)c3ccc4n[nH]nc4c3)C3CCNCC3)cc2)cc1. The number of ketones is 1. The number of nitrogens with zero attached hydrogens (tertiary/aromatic N) is 4. The van der Waals surface area contributed by atoms with Gasteiger partial charge in [-0.2, -0.15) is 20.5 Å². The number of rotatable bonds is 7. The van der Waals surface area contributed by atoms with Crippen molar-refractivity contribution in [3.05, 3.63) is 95.2 Å². The van der Waals surface area contributed by atoms with Crippen LogP contribution in [0.5, 0.6) is 0 Å². The second kappa shape index (κ2) is 12.0. The number of piperidine rings is 1. The van der Waals surface area contributed by atoms with Gasteiger partial charge in [-0.15, -0.1) is 0 Å².